The van der Waals surface area contributed by atoms with Crippen LogP contribution >= 0.6 is 0 Å². The van der Waals surface area contributed by atoms with Gasteiger partial charge < -0.3 is 4.74 Å². The molecule has 0 fully saturated rings. The molecule has 0 amide bonds. The molecule has 0 saturated carbocycles. The maximum absolute atomic E-state index is 5.91. The minimum absolute atomic E-state index is 0.162. The van der Waals surface area contributed by atoms with E-state index < -0.39 is 0 Å². The molecule has 2 heterocycles. The molecule has 0 N–H and O–H groups in total. The molecule has 4 rings (SSSR count). The predicted molar refractivity (Wildman–Crippen MR) is 124 cm³/mol. The highest BCUT2D eigenvalue weighted by molar-refractivity contribution is 6.01. The van der Waals surface area contributed by atoms with E-state index in [0.29, 0.717) is 6.61 Å². The van der Waals surface area contributed by atoms with Crippen LogP contribution in [-0.2, 0) is 17.6 Å². The number of benzene rings is 2. The summed E-state index contributed by atoms with van der Waals surface area (Å²) >= 11 is 0. The summed E-state index contributed by atoms with van der Waals surface area (Å²) in [6.07, 6.45) is 5.20. The van der Waals surface area contributed by atoms with E-state index in [-0.39, 0.29) is 5.54 Å². The Hall–Kier alpha value is -2.94. The summed E-state index contributed by atoms with van der Waals surface area (Å²) in [7, 11) is 0. The first kappa shape index (κ1) is 20.3. The highest BCUT2D eigenvalue weighted by Crippen LogP contribution is 2.29. The molecule has 1 aliphatic rings. The third-order valence-corrected chi connectivity index (χ3v) is 5.52. The molecule has 3 nitrogen and oxygen atoms in total. The Balaban J connectivity index is 1.60. The fourth-order valence-corrected chi connectivity index (χ4v) is 3.97. The van der Waals surface area contributed by atoms with Gasteiger partial charge in [0.05, 0.1) is 5.54 Å². The van der Waals surface area contributed by atoms with Crippen molar-refractivity contribution in [3.05, 3.63) is 88.7 Å². The number of pyridine rings is 1. The minimum atomic E-state index is -0.162. The lowest BCUT2D eigenvalue weighted by Crippen LogP contribution is -2.17. The highest BCUT2D eigenvalue weighted by Gasteiger charge is 2.28. The lowest BCUT2D eigenvalue weighted by atomic mass is 9.95. The van der Waals surface area contributed by atoms with Gasteiger partial charge >= 0.3 is 0 Å². The molecule has 0 saturated heterocycles. The number of aryl methyl sites for hydroxylation is 2. The number of hydrogen-bond acceptors (Lipinski definition) is 3. The van der Waals surface area contributed by atoms with E-state index in [1.165, 1.54) is 22.3 Å². The molecule has 1 aromatic heterocycles. The van der Waals surface area contributed by atoms with Crippen molar-refractivity contribution in [1.82, 2.24) is 4.98 Å². The van der Waals surface area contributed by atoms with Crippen LogP contribution in [-0.4, -0.2) is 23.0 Å². The molecule has 0 atom stereocenters. The van der Waals surface area contributed by atoms with Crippen molar-refractivity contribution >= 4 is 5.90 Å². The van der Waals surface area contributed by atoms with Crippen LogP contribution in [0.1, 0.15) is 55.1 Å². The quantitative estimate of drug-likeness (QED) is 0.499. The van der Waals surface area contributed by atoms with Gasteiger partial charge in [-0.25, -0.2) is 4.99 Å². The second kappa shape index (κ2) is 8.43. The summed E-state index contributed by atoms with van der Waals surface area (Å²) in [5, 5.41) is 0. The largest absolute Gasteiger partial charge is 0.475 e. The molecule has 0 aliphatic carbocycles. The zero-order chi connectivity index (χ0) is 21.1. The van der Waals surface area contributed by atoms with Crippen LogP contribution in [0.25, 0.3) is 11.1 Å². The summed E-state index contributed by atoms with van der Waals surface area (Å²) < 4.78 is 5.91. The SMILES string of the molecule is CCCc1cc(C)ncc1Cc1ccc(-c2ccccc2C2=NC(C)(C)CO2)cc1. The monoisotopic (exact) mass is 398 g/mol. The molecule has 154 valence electrons. The smallest absolute Gasteiger partial charge is 0.217 e. The van der Waals surface area contributed by atoms with Crippen LogP contribution in [0.15, 0.2) is 65.8 Å². The van der Waals surface area contributed by atoms with Crippen LogP contribution in [0.3, 0.4) is 0 Å². The lowest BCUT2D eigenvalue weighted by Gasteiger charge is -2.12. The van der Waals surface area contributed by atoms with E-state index in [1.807, 2.05) is 12.3 Å². The standard InChI is InChI=1S/C27H30N2O/c1-5-8-22-15-19(2)28-17-23(22)16-20-11-13-21(14-12-20)24-9-6-7-10-25(24)26-29-27(3,4)18-30-26/h6-7,9-15,17H,5,8,16,18H2,1-4H3. The fourth-order valence-electron chi connectivity index (χ4n) is 3.97. The Labute approximate surface area is 179 Å². The predicted octanol–water partition coefficient (Wildman–Crippen LogP) is 6.16. The van der Waals surface area contributed by atoms with E-state index in [4.69, 9.17) is 9.73 Å². The van der Waals surface area contributed by atoms with Crippen LogP contribution in [0.5, 0.6) is 0 Å². The van der Waals surface area contributed by atoms with Gasteiger partial charge in [0, 0.05) is 17.5 Å². The first-order valence-corrected chi connectivity index (χ1v) is 10.8. The zero-order valence-corrected chi connectivity index (χ0v) is 18.4. The molecule has 3 heteroatoms. The van der Waals surface area contributed by atoms with Crippen molar-refractivity contribution in [2.24, 2.45) is 4.99 Å². The summed E-state index contributed by atoms with van der Waals surface area (Å²) in [5.41, 5.74) is 8.37. The summed E-state index contributed by atoms with van der Waals surface area (Å²) in [4.78, 5) is 9.30. The van der Waals surface area contributed by atoms with Crippen molar-refractivity contribution in [2.45, 2.75) is 52.5 Å². The number of aromatic nitrogens is 1. The molecule has 1 aliphatic heterocycles. The second-order valence-corrected chi connectivity index (χ2v) is 8.78. The van der Waals surface area contributed by atoms with Gasteiger partial charge in [0.15, 0.2) is 0 Å². The van der Waals surface area contributed by atoms with Crippen molar-refractivity contribution in [3.8, 4) is 11.1 Å². The molecule has 30 heavy (non-hydrogen) atoms. The van der Waals surface area contributed by atoms with Crippen LogP contribution in [0.2, 0.25) is 0 Å². The van der Waals surface area contributed by atoms with E-state index in [9.17, 15) is 0 Å². The van der Waals surface area contributed by atoms with Crippen LogP contribution in [0.4, 0.5) is 0 Å². The van der Waals surface area contributed by atoms with Crippen molar-refractivity contribution in [3.63, 3.8) is 0 Å². The number of rotatable bonds is 6. The number of ether oxygens (including phenoxy) is 1. The van der Waals surface area contributed by atoms with E-state index >= 15 is 0 Å². The minimum Gasteiger partial charge on any atom is -0.475 e. The van der Waals surface area contributed by atoms with E-state index in [2.05, 4.69) is 81.2 Å². The first-order valence-electron chi connectivity index (χ1n) is 10.8. The number of aliphatic imine (C=N–C) groups is 1. The van der Waals surface area contributed by atoms with Crippen molar-refractivity contribution in [1.29, 1.82) is 0 Å². The first-order chi connectivity index (χ1) is 14.4. The lowest BCUT2D eigenvalue weighted by molar-refractivity contribution is 0.279. The summed E-state index contributed by atoms with van der Waals surface area (Å²) in [5.74, 6) is 0.745. The second-order valence-electron chi connectivity index (χ2n) is 8.78. The fraction of sp³-hybridized carbons (Fsp3) is 0.333. The van der Waals surface area contributed by atoms with Crippen molar-refractivity contribution < 1.29 is 4.74 Å². The Morgan fingerprint density at radius 2 is 1.70 bits per heavy atom. The van der Waals surface area contributed by atoms with Gasteiger partial charge in [-0.3, -0.25) is 4.98 Å². The van der Waals surface area contributed by atoms with Crippen molar-refractivity contribution in [2.75, 3.05) is 6.61 Å². The van der Waals surface area contributed by atoms with Gasteiger partial charge in [-0.1, -0.05) is 55.8 Å². The van der Waals surface area contributed by atoms with Gasteiger partial charge in [-0.2, -0.15) is 0 Å². The van der Waals surface area contributed by atoms with Gasteiger partial charge in [0.1, 0.15) is 6.61 Å². The zero-order valence-electron chi connectivity index (χ0n) is 18.4. The highest BCUT2D eigenvalue weighted by atomic mass is 16.5. The summed E-state index contributed by atoms with van der Waals surface area (Å²) in [6, 6.07) is 19.4. The van der Waals surface area contributed by atoms with Gasteiger partial charge in [0.2, 0.25) is 5.90 Å². The molecule has 0 radical (unpaired) electrons. The molecule has 0 unspecified atom stereocenters. The third kappa shape index (κ3) is 4.46. The molecular formula is C27H30N2O. The average molecular weight is 399 g/mol. The Kier molecular flexibility index (Phi) is 5.72. The third-order valence-electron chi connectivity index (χ3n) is 5.52. The molecule has 0 bridgehead atoms. The molecule has 2 aromatic carbocycles. The molecule has 0 spiro atoms. The average Bonchev–Trinajstić information content (AvgIpc) is 3.10. The van der Waals surface area contributed by atoms with E-state index in [0.717, 1.165) is 42.0 Å². The van der Waals surface area contributed by atoms with Crippen LogP contribution < -0.4 is 0 Å². The Bertz CT molecular complexity index is 1060. The number of hydrogen-bond donors (Lipinski definition) is 0. The van der Waals surface area contributed by atoms with Gasteiger partial charge in [-0.15, -0.1) is 0 Å². The summed E-state index contributed by atoms with van der Waals surface area (Å²) in [6.45, 7) is 9.12. The Morgan fingerprint density at radius 3 is 2.37 bits per heavy atom. The van der Waals surface area contributed by atoms with Crippen LogP contribution in [0, 0.1) is 6.92 Å². The maximum atomic E-state index is 5.91. The van der Waals surface area contributed by atoms with E-state index in [1.54, 1.807) is 0 Å². The molecule has 3 aromatic rings. The number of nitrogens with zero attached hydrogens (tertiary/aromatic N) is 2. The van der Waals surface area contributed by atoms with Gasteiger partial charge in [-0.05, 0) is 73.6 Å². The topological polar surface area (TPSA) is 34.5 Å². The normalized spacial score (nSPS) is 15.0. The molecular weight excluding hydrogens is 368 g/mol. The maximum Gasteiger partial charge on any atom is 0.217 e. The van der Waals surface area contributed by atoms with Gasteiger partial charge in [0.25, 0.3) is 0 Å². The Morgan fingerprint density at radius 1 is 0.967 bits per heavy atom.